The Bertz CT molecular complexity index is 1160. The van der Waals surface area contributed by atoms with Crippen molar-refractivity contribution >= 4 is 63.5 Å². The summed E-state index contributed by atoms with van der Waals surface area (Å²) in [6, 6.07) is -1.02. The summed E-state index contributed by atoms with van der Waals surface area (Å²) >= 11 is 2.32. The molecular formula is C23H29N5O8S2. The monoisotopic (exact) mass is 567 g/mol. The number of carboxylic acids is 1. The van der Waals surface area contributed by atoms with Crippen molar-refractivity contribution in [1.29, 1.82) is 0 Å². The third kappa shape index (κ3) is 7.10. The van der Waals surface area contributed by atoms with Gasteiger partial charge in [0.2, 0.25) is 0 Å². The minimum atomic E-state index is -1.37. The first-order valence-electron chi connectivity index (χ1n) is 11.9. The van der Waals surface area contributed by atoms with E-state index in [2.05, 4.69) is 22.4 Å². The predicted molar refractivity (Wildman–Crippen MR) is 139 cm³/mol. The Morgan fingerprint density at radius 2 is 2.05 bits per heavy atom. The van der Waals surface area contributed by atoms with Crippen molar-refractivity contribution in [1.82, 2.24) is 15.2 Å². The van der Waals surface area contributed by atoms with Crippen molar-refractivity contribution in [3.8, 4) is 0 Å². The summed E-state index contributed by atoms with van der Waals surface area (Å²) in [5, 5.41) is 17.4. The summed E-state index contributed by atoms with van der Waals surface area (Å²) in [7, 11) is 0. The number of nitrogens with two attached hydrogens (primary N) is 1. The van der Waals surface area contributed by atoms with Crippen LogP contribution >= 0.6 is 23.1 Å². The maximum atomic E-state index is 13.1. The Morgan fingerprint density at radius 3 is 2.68 bits per heavy atom. The number of Topliss-reactive ketones (excluding diaryl/α,β-unsaturated/α-hetero) is 1. The normalized spacial score (nSPS) is 18.9. The van der Waals surface area contributed by atoms with Crippen LogP contribution in [0.25, 0.3) is 0 Å². The second-order valence-corrected chi connectivity index (χ2v) is 10.6. The first kappa shape index (κ1) is 29.1. The number of thioether (sulfide) groups is 1. The molecule has 1 aromatic heterocycles. The van der Waals surface area contributed by atoms with Crippen molar-refractivity contribution < 1.29 is 38.7 Å². The molecule has 0 radical (unpaired) electrons. The summed E-state index contributed by atoms with van der Waals surface area (Å²) in [6.07, 6.45) is 3.40. The molecule has 2 amide bonds. The van der Waals surface area contributed by atoms with E-state index in [4.69, 9.17) is 15.3 Å². The number of carbonyl (C=O) groups excluding carboxylic acids is 4. The number of ketones is 1. The summed E-state index contributed by atoms with van der Waals surface area (Å²) in [4.78, 5) is 71.3. The van der Waals surface area contributed by atoms with Crippen LogP contribution in [-0.4, -0.2) is 80.6 Å². The lowest BCUT2D eigenvalue weighted by molar-refractivity contribution is -0.150. The van der Waals surface area contributed by atoms with Crippen LogP contribution in [0, 0.1) is 0 Å². The first-order chi connectivity index (χ1) is 18.1. The van der Waals surface area contributed by atoms with Gasteiger partial charge in [-0.05, 0) is 19.8 Å². The minimum absolute atomic E-state index is 0.139. The van der Waals surface area contributed by atoms with Gasteiger partial charge in [-0.3, -0.25) is 24.1 Å². The number of nitrogens with zero attached hydrogens (tertiary/aromatic N) is 3. The van der Waals surface area contributed by atoms with Crippen LogP contribution in [0.5, 0.6) is 0 Å². The van der Waals surface area contributed by atoms with Crippen molar-refractivity contribution in [2.24, 2.45) is 5.16 Å². The quantitative estimate of drug-likeness (QED) is 0.0733. The van der Waals surface area contributed by atoms with Gasteiger partial charge in [-0.2, -0.15) is 0 Å². The van der Waals surface area contributed by atoms with E-state index in [-0.39, 0.29) is 46.0 Å². The smallest absolute Gasteiger partial charge is 0.352 e. The number of unbranched alkanes of at least 4 members (excludes halogenated alkanes) is 3. The number of amides is 2. The fourth-order valence-electron chi connectivity index (χ4n) is 3.73. The minimum Gasteiger partial charge on any atom is -0.477 e. The summed E-state index contributed by atoms with van der Waals surface area (Å²) in [5.74, 6) is -3.76. The van der Waals surface area contributed by atoms with Crippen LogP contribution in [0.15, 0.2) is 21.8 Å². The SMILES string of the molecule is CCCCCCON=C(C(=O)N[C@@H]1C(=O)N2C(C(=O)O)=C(COC(=O)CC(C)=O)CS[C@@H]12)c1csc(N)n1. The second kappa shape index (κ2) is 13.4. The van der Waals surface area contributed by atoms with Crippen LogP contribution in [0.1, 0.15) is 51.6 Å². The maximum absolute atomic E-state index is 13.1. The van der Waals surface area contributed by atoms with Gasteiger partial charge in [-0.15, -0.1) is 23.1 Å². The number of hydrogen-bond acceptors (Lipinski definition) is 12. The van der Waals surface area contributed by atoms with Gasteiger partial charge in [0, 0.05) is 16.7 Å². The van der Waals surface area contributed by atoms with Crippen molar-refractivity contribution in [3.63, 3.8) is 0 Å². The van der Waals surface area contributed by atoms with Crippen LogP contribution in [0.3, 0.4) is 0 Å². The van der Waals surface area contributed by atoms with E-state index >= 15 is 0 Å². The first-order valence-corrected chi connectivity index (χ1v) is 13.8. The Hall–Kier alpha value is -3.46. The molecule has 3 rings (SSSR count). The lowest BCUT2D eigenvalue weighted by Gasteiger charge is -2.49. The number of rotatable bonds is 14. The molecule has 0 unspecified atom stereocenters. The summed E-state index contributed by atoms with van der Waals surface area (Å²) in [6.45, 7) is 3.25. The zero-order valence-corrected chi connectivity index (χ0v) is 22.6. The van der Waals surface area contributed by atoms with Crippen LogP contribution < -0.4 is 11.1 Å². The average Bonchev–Trinajstić information content (AvgIpc) is 3.29. The highest BCUT2D eigenvalue weighted by atomic mass is 32.2. The summed E-state index contributed by atoms with van der Waals surface area (Å²) in [5.41, 5.74) is 5.66. The molecule has 1 fully saturated rings. The molecule has 4 N–H and O–H groups in total. The molecule has 13 nitrogen and oxygen atoms in total. The highest BCUT2D eigenvalue weighted by Gasteiger charge is 2.54. The Labute approximate surface area is 226 Å². The third-order valence-corrected chi connectivity index (χ3v) is 7.58. The molecule has 2 aliphatic heterocycles. The van der Waals surface area contributed by atoms with E-state index in [9.17, 15) is 29.1 Å². The molecule has 38 heavy (non-hydrogen) atoms. The number of nitrogen functional groups attached to an aromatic ring is 1. The van der Waals surface area contributed by atoms with Gasteiger partial charge in [0.05, 0.1) is 0 Å². The highest BCUT2D eigenvalue weighted by molar-refractivity contribution is 8.00. The molecular weight excluding hydrogens is 538 g/mol. The number of hydrogen-bond donors (Lipinski definition) is 3. The molecule has 0 bridgehead atoms. The number of ether oxygens (including phenoxy) is 1. The Kier molecular flexibility index (Phi) is 10.2. The van der Waals surface area contributed by atoms with E-state index < -0.39 is 41.6 Å². The molecule has 2 atom stereocenters. The number of aliphatic carboxylic acids is 1. The zero-order chi connectivity index (χ0) is 27.8. The number of carbonyl (C=O) groups is 5. The Balaban J connectivity index is 1.70. The van der Waals surface area contributed by atoms with Crippen molar-refractivity contribution in [3.05, 3.63) is 22.3 Å². The number of nitrogens with one attached hydrogen (secondary N) is 1. The number of oxime groups is 1. The van der Waals surface area contributed by atoms with Gasteiger partial charge in [-0.1, -0.05) is 24.9 Å². The highest BCUT2D eigenvalue weighted by Crippen LogP contribution is 2.40. The molecule has 0 spiro atoms. The van der Waals surface area contributed by atoms with Crippen molar-refractivity contribution in [2.45, 2.75) is 57.4 Å². The molecule has 2 aliphatic rings. The van der Waals surface area contributed by atoms with Crippen LogP contribution in [-0.2, 0) is 33.5 Å². The van der Waals surface area contributed by atoms with E-state index in [0.717, 1.165) is 41.9 Å². The van der Waals surface area contributed by atoms with E-state index in [1.807, 2.05) is 0 Å². The lowest BCUT2D eigenvalue weighted by atomic mass is 10.0. The number of esters is 1. The molecule has 15 heteroatoms. The standard InChI is InChI=1S/C23H29N5O8S2/c1-3-4-5-6-7-36-27-16(14-11-38-23(24)25-14)19(31)26-17-20(32)28-18(22(33)34)13(10-37-21(17)28)9-35-15(30)8-12(2)29/h11,17,21H,3-10H2,1-2H3,(H2,24,25)(H,26,31)(H,33,34)/t17-,21+/m1/s1. The predicted octanol–water partition coefficient (Wildman–Crippen LogP) is 1.29. The van der Waals surface area contributed by atoms with Crippen LogP contribution in [0.4, 0.5) is 5.13 Å². The molecule has 1 saturated heterocycles. The fraction of sp³-hybridized carbons (Fsp3) is 0.522. The number of β-lactam (4-membered cyclic amide) rings is 1. The van der Waals surface area contributed by atoms with Crippen LogP contribution in [0.2, 0.25) is 0 Å². The van der Waals surface area contributed by atoms with E-state index in [0.29, 0.717) is 6.61 Å². The molecule has 0 aromatic carbocycles. The fourth-order valence-corrected chi connectivity index (χ4v) is 5.61. The van der Waals surface area contributed by atoms with Gasteiger partial charge in [0.1, 0.15) is 48.2 Å². The molecule has 0 saturated carbocycles. The van der Waals surface area contributed by atoms with E-state index in [1.54, 1.807) is 5.38 Å². The number of aromatic nitrogens is 1. The van der Waals surface area contributed by atoms with Gasteiger partial charge in [-0.25, -0.2) is 9.78 Å². The van der Waals surface area contributed by atoms with Gasteiger partial charge >= 0.3 is 11.9 Å². The molecule has 3 heterocycles. The van der Waals surface area contributed by atoms with Gasteiger partial charge < -0.3 is 25.7 Å². The van der Waals surface area contributed by atoms with Gasteiger partial charge in [0.25, 0.3) is 11.8 Å². The molecule has 0 aliphatic carbocycles. The third-order valence-electron chi connectivity index (χ3n) is 5.56. The number of fused-ring (bicyclic) bond motifs is 1. The van der Waals surface area contributed by atoms with Crippen molar-refractivity contribution in [2.75, 3.05) is 24.7 Å². The topological polar surface area (TPSA) is 191 Å². The number of thiazole rings is 1. The largest absolute Gasteiger partial charge is 0.477 e. The summed E-state index contributed by atoms with van der Waals surface area (Å²) < 4.78 is 5.01. The molecule has 1 aromatic rings. The molecule has 206 valence electrons. The number of anilines is 1. The zero-order valence-electron chi connectivity index (χ0n) is 20.9. The Morgan fingerprint density at radius 1 is 1.29 bits per heavy atom. The number of carboxylic acid groups (broad SMARTS) is 1. The van der Waals surface area contributed by atoms with Gasteiger partial charge in [0.15, 0.2) is 10.8 Å². The lowest BCUT2D eigenvalue weighted by Crippen LogP contribution is -2.71. The van der Waals surface area contributed by atoms with E-state index in [1.165, 1.54) is 18.7 Å². The average molecular weight is 568 g/mol. The maximum Gasteiger partial charge on any atom is 0.352 e. The second-order valence-electron chi connectivity index (χ2n) is 8.56.